The van der Waals surface area contributed by atoms with Crippen LogP contribution in [0.25, 0.3) is 0 Å². The van der Waals surface area contributed by atoms with Crippen molar-refractivity contribution in [3.05, 3.63) is 35.1 Å². The third kappa shape index (κ3) is 5.31. The number of piperidine rings is 1. The number of aromatic hydroxyl groups is 2. The summed E-state index contributed by atoms with van der Waals surface area (Å²) in [5, 5.41) is 44.9. The van der Waals surface area contributed by atoms with Gasteiger partial charge in [0.15, 0.2) is 11.5 Å². The van der Waals surface area contributed by atoms with Gasteiger partial charge in [-0.1, -0.05) is 19.9 Å². The lowest BCUT2D eigenvalue weighted by Crippen LogP contribution is -2.68. The number of phenolic OH excluding ortho intramolecular Hbond substituents is 2. The van der Waals surface area contributed by atoms with E-state index < -0.39 is 34.9 Å². The van der Waals surface area contributed by atoms with Crippen molar-refractivity contribution < 1.29 is 39.5 Å². The number of aryl methyl sites for hydroxylation is 1. The van der Waals surface area contributed by atoms with Crippen LogP contribution in [-0.2, 0) is 24.5 Å². The lowest BCUT2D eigenvalue weighted by molar-refractivity contribution is -0.149. The molecule has 37 heavy (non-hydrogen) atoms. The first kappa shape index (κ1) is 28.5. The van der Waals surface area contributed by atoms with Gasteiger partial charge in [0.05, 0.1) is 12.0 Å². The second kappa shape index (κ2) is 10.7. The van der Waals surface area contributed by atoms with Gasteiger partial charge in [-0.25, -0.2) is 4.79 Å². The molecule has 10 nitrogen and oxygen atoms in total. The number of rotatable bonds is 8. The van der Waals surface area contributed by atoms with Crippen LogP contribution in [0.1, 0.15) is 64.0 Å². The van der Waals surface area contributed by atoms with Crippen molar-refractivity contribution in [2.24, 2.45) is 5.92 Å². The molecule has 0 bridgehead atoms. The van der Waals surface area contributed by atoms with Gasteiger partial charge in [0.2, 0.25) is 5.91 Å². The van der Waals surface area contributed by atoms with Crippen molar-refractivity contribution in [3.63, 3.8) is 0 Å². The normalized spacial score (nSPS) is 26.7. The number of nitrogens with zero attached hydrogens (tertiary/aromatic N) is 1. The fraction of sp³-hybridized carbons (Fsp3) is 0.593. The van der Waals surface area contributed by atoms with Gasteiger partial charge in [0.25, 0.3) is 0 Å². The lowest BCUT2D eigenvalue weighted by atomic mass is 9.54. The van der Waals surface area contributed by atoms with Crippen molar-refractivity contribution in [1.82, 2.24) is 10.2 Å². The van der Waals surface area contributed by atoms with E-state index in [4.69, 9.17) is 4.74 Å². The molecule has 4 unspecified atom stereocenters. The topological polar surface area (TPSA) is 157 Å². The van der Waals surface area contributed by atoms with Gasteiger partial charge in [-0.3, -0.25) is 9.59 Å². The lowest BCUT2D eigenvalue weighted by Gasteiger charge is -2.59. The average molecular weight is 519 g/mol. The number of nitrogens with one attached hydrogen (secondary N) is 1. The minimum Gasteiger partial charge on any atom is -0.504 e. The zero-order valence-corrected chi connectivity index (χ0v) is 22.1. The fourth-order valence-corrected chi connectivity index (χ4v) is 5.75. The first-order valence-corrected chi connectivity index (χ1v) is 12.6. The van der Waals surface area contributed by atoms with Crippen LogP contribution in [0.4, 0.5) is 0 Å². The molecule has 10 heteroatoms. The Morgan fingerprint density at radius 3 is 2.51 bits per heavy atom. The molecule has 204 valence electrons. The Morgan fingerprint density at radius 2 is 1.89 bits per heavy atom. The Morgan fingerprint density at radius 1 is 1.22 bits per heavy atom. The zero-order chi connectivity index (χ0) is 27.7. The third-order valence-electron chi connectivity index (χ3n) is 8.08. The zero-order valence-electron chi connectivity index (χ0n) is 22.1. The number of carbonyl (C=O) groups is 3. The number of fused-ring (bicyclic) bond motifs is 1. The minimum absolute atomic E-state index is 0.117. The summed E-state index contributed by atoms with van der Waals surface area (Å²) >= 11 is 0. The minimum atomic E-state index is -1.31. The number of carboxylic acid groups (broad SMARTS) is 1. The van der Waals surface area contributed by atoms with E-state index in [2.05, 4.69) is 5.32 Å². The maximum atomic E-state index is 12.6. The second-order valence-corrected chi connectivity index (χ2v) is 10.7. The Labute approximate surface area is 216 Å². The van der Waals surface area contributed by atoms with Gasteiger partial charge >= 0.3 is 11.9 Å². The summed E-state index contributed by atoms with van der Waals surface area (Å²) in [5.41, 5.74) is -1.20. The Hall–Kier alpha value is -3.11. The number of carbonyl (C=O) groups excluding carboxylic acids is 2. The van der Waals surface area contributed by atoms with E-state index in [-0.39, 0.29) is 49.1 Å². The number of amides is 1. The SMILES string of the molecule is Cc1ccc(O)c(O)c1C12CCN(C)C(C)C1(O)CC=C(OC(=O)CCC(=O)NC(C(=O)O)C(C)C)C2. The summed E-state index contributed by atoms with van der Waals surface area (Å²) in [5.74, 6) is -2.94. The van der Waals surface area contributed by atoms with E-state index in [0.717, 1.165) is 0 Å². The van der Waals surface area contributed by atoms with Crippen LogP contribution in [0.5, 0.6) is 11.5 Å². The molecule has 1 heterocycles. The quantitative estimate of drug-likeness (QED) is 0.257. The number of aliphatic hydroxyl groups is 1. The van der Waals surface area contributed by atoms with Crippen LogP contribution in [-0.4, -0.2) is 74.4 Å². The fourth-order valence-electron chi connectivity index (χ4n) is 5.75. The predicted molar refractivity (Wildman–Crippen MR) is 135 cm³/mol. The summed E-state index contributed by atoms with van der Waals surface area (Å²) in [6, 6.07) is 1.75. The van der Waals surface area contributed by atoms with Crippen molar-refractivity contribution in [3.8, 4) is 11.5 Å². The van der Waals surface area contributed by atoms with Crippen LogP contribution in [0.15, 0.2) is 24.0 Å². The summed E-state index contributed by atoms with van der Waals surface area (Å²) in [4.78, 5) is 38.2. The number of benzene rings is 1. The number of esters is 1. The molecule has 4 atom stereocenters. The van der Waals surface area contributed by atoms with Gasteiger partial charge in [0.1, 0.15) is 11.8 Å². The summed E-state index contributed by atoms with van der Waals surface area (Å²) in [6.07, 6.45) is 1.91. The highest BCUT2D eigenvalue weighted by Crippen LogP contribution is 2.57. The Kier molecular flexibility index (Phi) is 8.24. The van der Waals surface area contributed by atoms with Crippen molar-refractivity contribution >= 4 is 17.8 Å². The standard InChI is InChI=1S/C27H38N2O8/c1-15(2)23(25(34)35)28-20(31)8-9-21(32)37-18-10-11-27(36)17(4)29(5)13-12-26(27,14-18)22-16(3)6-7-19(30)24(22)33/h6-7,10,15,17,23,30,33,36H,8-9,11-14H2,1-5H3,(H,28,31)(H,34,35). The Bertz CT molecular complexity index is 1100. The van der Waals surface area contributed by atoms with E-state index in [1.54, 1.807) is 32.9 Å². The molecule has 0 saturated carbocycles. The average Bonchev–Trinajstić information content (AvgIpc) is 2.82. The first-order chi connectivity index (χ1) is 17.2. The molecule has 1 aliphatic carbocycles. The molecule has 1 aromatic rings. The Balaban J connectivity index is 1.82. The smallest absolute Gasteiger partial charge is 0.326 e. The molecule has 1 aliphatic heterocycles. The number of hydrogen-bond acceptors (Lipinski definition) is 8. The molecule has 1 aromatic carbocycles. The van der Waals surface area contributed by atoms with E-state index in [1.165, 1.54) is 6.07 Å². The highest BCUT2D eigenvalue weighted by molar-refractivity contribution is 5.86. The van der Waals surface area contributed by atoms with Crippen molar-refractivity contribution in [1.29, 1.82) is 0 Å². The summed E-state index contributed by atoms with van der Waals surface area (Å²) in [6.45, 7) is 7.68. The van der Waals surface area contributed by atoms with E-state index in [1.807, 2.05) is 18.9 Å². The molecule has 1 saturated heterocycles. The maximum Gasteiger partial charge on any atom is 0.326 e. The molecule has 1 amide bonds. The molecule has 1 fully saturated rings. The molecule has 5 N–H and O–H groups in total. The van der Waals surface area contributed by atoms with Crippen LogP contribution < -0.4 is 5.32 Å². The number of likely N-dealkylation sites (tertiary alicyclic amines) is 1. The number of allylic oxidation sites excluding steroid dienone is 1. The van der Waals surface area contributed by atoms with Crippen LogP contribution in [0.2, 0.25) is 0 Å². The van der Waals surface area contributed by atoms with Crippen molar-refractivity contribution in [2.75, 3.05) is 13.6 Å². The number of carboxylic acids is 1. The van der Waals surface area contributed by atoms with Crippen LogP contribution in [0.3, 0.4) is 0 Å². The van der Waals surface area contributed by atoms with Crippen molar-refractivity contribution in [2.45, 2.75) is 82.9 Å². The monoisotopic (exact) mass is 518 g/mol. The van der Waals surface area contributed by atoms with Gasteiger partial charge < -0.3 is 35.4 Å². The van der Waals surface area contributed by atoms with Gasteiger partial charge in [0, 0.05) is 36.3 Å². The largest absolute Gasteiger partial charge is 0.504 e. The summed E-state index contributed by atoms with van der Waals surface area (Å²) < 4.78 is 5.61. The number of hydrogen-bond donors (Lipinski definition) is 5. The highest BCUT2D eigenvalue weighted by Gasteiger charge is 2.60. The molecular weight excluding hydrogens is 480 g/mol. The maximum absolute atomic E-state index is 12.6. The predicted octanol–water partition coefficient (Wildman–Crippen LogP) is 2.33. The van der Waals surface area contributed by atoms with E-state index in [0.29, 0.717) is 29.9 Å². The second-order valence-electron chi connectivity index (χ2n) is 10.7. The number of ether oxygens (including phenoxy) is 1. The van der Waals surface area contributed by atoms with Gasteiger partial charge in [-0.2, -0.15) is 0 Å². The number of aliphatic carboxylic acids is 1. The van der Waals surface area contributed by atoms with Crippen LogP contribution in [0, 0.1) is 12.8 Å². The molecule has 0 aromatic heterocycles. The number of phenols is 2. The number of likely N-dealkylation sites (N-methyl/N-ethyl adjacent to an activating group) is 1. The molecule has 0 radical (unpaired) electrons. The highest BCUT2D eigenvalue weighted by atomic mass is 16.5. The van der Waals surface area contributed by atoms with Gasteiger partial charge in [-0.05, 0) is 57.5 Å². The molecule has 0 spiro atoms. The molecule has 2 aliphatic rings. The summed E-state index contributed by atoms with van der Waals surface area (Å²) in [7, 11) is 1.92. The van der Waals surface area contributed by atoms with E-state index >= 15 is 0 Å². The molecular formula is C27H38N2O8. The van der Waals surface area contributed by atoms with E-state index in [9.17, 15) is 34.8 Å². The van der Waals surface area contributed by atoms with Gasteiger partial charge in [-0.15, -0.1) is 0 Å². The first-order valence-electron chi connectivity index (χ1n) is 12.6. The molecule has 3 rings (SSSR count). The van der Waals surface area contributed by atoms with Crippen LogP contribution >= 0.6 is 0 Å². The third-order valence-corrected chi connectivity index (χ3v) is 8.08.